The molecule has 0 fully saturated rings. The number of pyridine rings is 2. The number of aryl methyl sites for hydroxylation is 2. The Morgan fingerprint density at radius 3 is 2.50 bits per heavy atom. The average molecular weight is 447 g/mol. The molecule has 0 saturated heterocycles. The summed E-state index contributed by atoms with van der Waals surface area (Å²) in [6.07, 6.45) is 1.77. The van der Waals surface area contributed by atoms with Gasteiger partial charge in [-0.1, -0.05) is 61.8 Å². The molecule has 0 amide bonds. The van der Waals surface area contributed by atoms with E-state index in [1.165, 1.54) is 0 Å². The van der Waals surface area contributed by atoms with Crippen LogP contribution in [0.15, 0.2) is 60.8 Å². The number of benzene rings is 2. The molecule has 0 saturated carbocycles. The molecule has 4 rings (SSSR count). The molecule has 5 heteroatoms. The molecule has 0 spiro atoms. The first kappa shape index (κ1) is 22.3. The average Bonchev–Trinajstić information content (AvgIpc) is 2.79. The fourth-order valence-corrected chi connectivity index (χ4v) is 4.28. The first-order valence-corrected chi connectivity index (χ1v) is 11.0. The highest BCUT2D eigenvalue weighted by Crippen LogP contribution is 2.38. The van der Waals surface area contributed by atoms with Crippen LogP contribution in [0.5, 0.6) is 5.75 Å². The number of hydrogen-bond acceptors (Lipinski definition) is 4. The summed E-state index contributed by atoms with van der Waals surface area (Å²) in [5, 5.41) is 11.3. The normalized spacial score (nSPS) is 11.7. The van der Waals surface area contributed by atoms with Crippen molar-refractivity contribution in [1.82, 2.24) is 9.97 Å². The van der Waals surface area contributed by atoms with Gasteiger partial charge in [-0.2, -0.15) is 0 Å². The summed E-state index contributed by atoms with van der Waals surface area (Å²) < 4.78 is 6.27. The number of aliphatic hydroxyl groups excluding tert-OH is 1. The Labute approximate surface area is 193 Å². The van der Waals surface area contributed by atoms with Gasteiger partial charge in [0.05, 0.1) is 28.9 Å². The molecule has 0 unspecified atom stereocenters. The molecular weight excluding hydrogens is 420 g/mol. The number of aliphatic hydroxyl groups is 1. The van der Waals surface area contributed by atoms with Crippen LogP contribution < -0.4 is 4.74 Å². The smallest absolute Gasteiger partial charge is 0.133 e. The Balaban J connectivity index is 1.83. The lowest BCUT2D eigenvalue weighted by Crippen LogP contribution is -2.22. The maximum absolute atomic E-state index is 9.79. The number of aromatic nitrogens is 2. The van der Waals surface area contributed by atoms with E-state index in [0.717, 1.165) is 50.3 Å². The molecule has 0 atom stereocenters. The summed E-state index contributed by atoms with van der Waals surface area (Å²) in [7, 11) is 0. The second-order valence-corrected chi connectivity index (χ2v) is 9.17. The van der Waals surface area contributed by atoms with Crippen LogP contribution in [0, 0.1) is 13.8 Å². The number of fused-ring (bicyclic) bond motifs is 1. The minimum Gasteiger partial charge on any atom is -0.488 e. The van der Waals surface area contributed by atoms with Crippen LogP contribution in [0.25, 0.3) is 22.2 Å². The highest BCUT2D eigenvalue weighted by atomic mass is 35.5. The molecule has 0 radical (unpaired) electrons. The lowest BCUT2D eigenvalue weighted by molar-refractivity contribution is 0.218. The van der Waals surface area contributed by atoms with E-state index in [1.54, 1.807) is 6.20 Å². The number of halogens is 1. The second-order valence-electron chi connectivity index (χ2n) is 8.76. The minimum absolute atomic E-state index is 0.0173. The second kappa shape index (κ2) is 8.89. The summed E-state index contributed by atoms with van der Waals surface area (Å²) in [5.41, 5.74) is 6.06. The van der Waals surface area contributed by atoms with Crippen molar-refractivity contribution in [3.8, 4) is 17.0 Å². The van der Waals surface area contributed by atoms with E-state index in [2.05, 4.69) is 4.98 Å². The van der Waals surface area contributed by atoms with Crippen LogP contribution in [-0.2, 0) is 12.0 Å². The lowest BCUT2D eigenvalue weighted by atomic mass is 9.83. The Hall–Kier alpha value is -2.95. The summed E-state index contributed by atoms with van der Waals surface area (Å²) in [6.45, 7) is 8.43. The van der Waals surface area contributed by atoms with Crippen LogP contribution in [0.4, 0.5) is 0 Å². The van der Waals surface area contributed by atoms with Crippen LogP contribution in [0.2, 0.25) is 5.02 Å². The van der Waals surface area contributed by atoms with E-state index < -0.39 is 5.41 Å². The first-order valence-electron chi connectivity index (χ1n) is 10.6. The van der Waals surface area contributed by atoms with Crippen molar-refractivity contribution in [2.45, 2.75) is 39.7 Å². The fourth-order valence-electron chi connectivity index (χ4n) is 3.86. The number of rotatable bonds is 6. The van der Waals surface area contributed by atoms with Gasteiger partial charge in [-0.3, -0.25) is 4.98 Å². The predicted octanol–water partition coefficient (Wildman–Crippen LogP) is 6.42. The fraction of sp³-hybridized carbons (Fsp3) is 0.259. The molecular formula is C27H27ClN2O2. The van der Waals surface area contributed by atoms with Gasteiger partial charge < -0.3 is 9.84 Å². The molecule has 2 aromatic carbocycles. The Morgan fingerprint density at radius 2 is 1.78 bits per heavy atom. The molecule has 0 bridgehead atoms. The van der Waals surface area contributed by atoms with Crippen molar-refractivity contribution in [3.05, 3.63) is 88.2 Å². The maximum Gasteiger partial charge on any atom is 0.133 e. The highest BCUT2D eigenvalue weighted by Gasteiger charge is 2.24. The molecule has 0 aliphatic heterocycles. The summed E-state index contributed by atoms with van der Waals surface area (Å²) in [4.78, 5) is 9.35. The molecule has 4 aromatic rings. The Bertz CT molecular complexity index is 1270. The Morgan fingerprint density at radius 1 is 1.03 bits per heavy atom. The Kier molecular flexibility index (Phi) is 6.18. The molecule has 32 heavy (non-hydrogen) atoms. The third-order valence-electron chi connectivity index (χ3n) is 5.83. The van der Waals surface area contributed by atoms with Gasteiger partial charge in [-0.25, -0.2) is 4.98 Å². The van der Waals surface area contributed by atoms with Crippen molar-refractivity contribution < 1.29 is 9.84 Å². The van der Waals surface area contributed by atoms with E-state index in [9.17, 15) is 5.11 Å². The zero-order chi connectivity index (χ0) is 22.9. The van der Waals surface area contributed by atoms with E-state index >= 15 is 0 Å². The van der Waals surface area contributed by atoms with Gasteiger partial charge in [-0.05, 0) is 42.7 Å². The van der Waals surface area contributed by atoms with Crippen LogP contribution in [0.1, 0.15) is 36.2 Å². The lowest BCUT2D eigenvalue weighted by Gasteiger charge is -2.25. The standard InChI is InChI=1S/C27H27ClN2O2/c1-17-12-21(27(3,4)16-31)22(28)13-20(17)24-14-25(32-15-19-8-6-5-7-9-19)26-18(2)29-11-10-23(26)30-24/h5-14,31H,15-16H2,1-4H3. The van der Waals surface area contributed by atoms with Crippen molar-refractivity contribution in [1.29, 1.82) is 0 Å². The number of hydrogen-bond donors (Lipinski definition) is 1. The first-order chi connectivity index (χ1) is 15.3. The van der Waals surface area contributed by atoms with Crippen LogP contribution in [-0.4, -0.2) is 21.7 Å². The van der Waals surface area contributed by atoms with Gasteiger partial charge in [0.25, 0.3) is 0 Å². The van der Waals surface area contributed by atoms with Crippen LogP contribution >= 0.6 is 11.6 Å². The zero-order valence-corrected chi connectivity index (χ0v) is 19.6. The molecule has 4 nitrogen and oxygen atoms in total. The molecule has 0 aliphatic carbocycles. The van der Waals surface area contributed by atoms with Crippen molar-refractivity contribution in [2.75, 3.05) is 6.61 Å². The van der Waals surface area contributed by atoms with Gasteiger partial charge in [0.1, 0.15) is 12.4 Å². The molecule has 2 heterocycles. The maximum atomic E-state index is 9.79. The van der Waals surface area contributed by atoms with Crippen molar-refractivity contribution >= 4 is 22.5 Å². The molecule has 164 valence electrons. The van der Waals surface area contributed by atoms with Gasteiger partial charge >= 0.3 is 0 Å². The van der Waals surface area contributed by atoms with Gasteiger partial charge in [0, 0.05) is 28.3 Å². The molecule has 2 aromatic heterocycles. The molecule has 0 aliphatic rings. The van der Waals surface area contributed by atoms with Gasteiger partial charge in [0.2, 0.25) is 0 Å². The number of ether oxygens (including phenoxy) is 1. The highest BCUT2D eigenvalue weighted by molar-refractivity contribution is 6.31. The quantitative estimate of drug-likeness (QED) is 0.371. The minimum atomic E-state index is -0.427. The van der Waals surface area contributed by atoms with E-state index in [1.807, 2.05) is 82.3 Å². The van der Waals surface area contributed by atoms with E-state index in [-0.39, 0.29) is 6.61 Å². The summed E-state index contributed by atoms with van der Waals surface area (Å²) >= 11 is 6.66. The largest absolute Gasteiger partial charge is 0.488 e. The van der Waals surface area contributed by atoms with Crippen LogP contribution in [0.3, 0.4) is 0 Å². The zero-order valence-electron chi connectivity index (χ0n) is 18.8. The van der Waals surface area contributed by atoms with Crippen molar-refractivity contribution in [3.63, 3.8) is 0 Å². The topological polar surface area (TPSA) is 55.2 Å². The van der Waals surface area contributed by atoms with Gasteiger partial charge in [-0.15, -0.1) is 0 Å². The summed E-state index contributed by atoms with van der Waals surface area (Å²) in [6, 6.07) is 17.9. The van der Waals surface area contributed by atoms with E-state index in [4.69, 9.17) is 21.3 Å². The molecule has 1 N–H and O–H groups in total. The third-order valence-corrected chi connectivity index (χ3v) is 6.14. The monoisotopic (exact) mass is 446 g/mol. The van der Waals surface area contributed by atoms with Crippen molar-refractivity contribution in [2.24, 2.45) is 0 Å². The summed E-state index contributed by atoms with van der Waals surface area (Å²) in [5.74, 6) is 0.745. The van der Waals surface area contributed by atoms with E-state index in [0.29, 0.717) is 11.6 Å². The third kappa shape index (κ3) is 4.34. The predicted molar refractivity (Wildman–Crippen MR) is 130 cm³/mol. The SMILES string of the molecule is Cc1cc(C(C)(C)CO)c(Cl)cc1-c1cc(OCc2ccccc2)c2c(C)nccc2n1. The van der Waals surface area contributed by atoms with Gasteiger partial charge in [0.15, 0.2) is 0 Å². The number of nitrogens with zero attached hydrogens (tertiary/aromatic N) is 2.